The monoisotopic (exact) mass is 266 g/mol. The molecule has 1 aliphatic rings. The van der Waals surface area contributed by atoms with Gasteiger partial charge in [-0.2, -0.15) is 0 Å². The van der Waals surface area contributed by atoms with Crippen LogP contribution in [0.1, 0.15) is 60.8 Å². The molecule has 0 spiro atoms. The molecule has 1 amide bonds. The molecule has 1 saturated carbocycles. The van der Waals surface area contributed by atoms with E-state index in [4.69, 9.17) is 4.52 Å². The van der Waals surface area contributed by atoms with Gasteiger partial charge >= 0.3 is 0 Å². The predicted molar refractivity (Wildman–Crippen MR) is 71.0 cm³/mol. The molecule has 0 aromatic carbocycles. The van der Waals surface area contributed by atoms with Crippen molar-refractivity contribution in [1.82, 2.24) is 10.5 Å². The van der Waals surface area contributed by atoms with Crippen LogP contribution in [0.3, 0.4) is 0 Å². The fourth-order valence-electron chi connectivity index (χ4n) is 2.80. The summed E-state index contributed by atoms with van der Waals surface area (Å²) in [7, 11) is 0. The molecule has 0 aliphatic heterocycles. The summed E-state index contributed by atoms with van der Waals surface area (Å²) in [5, 5.41) is 16.5. The molecular formula is C14H22N2O3. The maximum absolute atomic E-state index is 12.4. The molecule has 1 heterocycles. The zero-order valence-electron chi connectivity index (χ0n) is 11.7. The summed E-state index contributed by atoms with van der Waals surface area (Å²) in [5.41, 5.74) is 0.740. The highest BCUT2D eigenvalue weighted by Gasteiger charge is 2.34. The first-order valence-corrected chi connectivity index (χ1v) is 7.00. The third kappa shape index (κ3) is 2.81. The second-order valence-corrected chi connectivity index (χ2v) is 5.37. The van der Waals surface area contributed by atoms with Crippen LogP contribution < -0.4 is 5.32 Å². The molecule has 1 aromatic rings. The molecule has 0 saturated heterocycles. The van der Waals surface area contributed by atoms with Crippen LogP contribution in [0.15, 0.2) is 4.52 Å². The van der Waals surface area contributed by atoms with Crippen molar-refractivity contribution in [3.63, 3.8) is 0 Å². The molecule has 2 rings (SSSR count). The Morgan fingerprint density at radius 2 is 2.11 bits per heavy atom. The average Bonchev–Trinajstić information content (AvgIpc) is 2.81. The van der Waals surface area contributed by atoms with Crippen molar-refractivity contribution in [2.75, 3.05) is 6.61 Å². The van der Waals surface area contributed by atoms with Gasteiger partial charge in [0.15, 0.2) is 0 Å². The lowest BCUT2D eigenvalue weighted by Gasteiger charge is -2.36. The minimum atomic E-state index is -0.468. The van der Waals surface area contributed by atoms with Crippen molar-refractivity contribution in [1.29, 1.82) is 0 Å². The fraction of sp³-hybridized carbons (Fsp3) is 0.714. The topological polar surface area (TPSA) is 75.4 Å². The van der Waals surface area contributed by atoms with Gasteiger partial charge in [0.25, 0.3) is 5.91 Å². The summed E-state index contributed by atoms with van der Waals surface area (Å²) in [6.07, 6.45) is 5.59. The van der Waals surface area contributed by atoms with Gasteiger partial charge in [0.2, 0.25) is 0 Å². The Morgan fingerprint density at radius 1 is 1.42 bits per heavy atom. The summed E-state index contributed by atoms with van der Waals surface area (Å²) in [6.45, 7) is 3.68. The first-order chi connectivity index (χ1) is 9.12. The number of aliphatic hydroxyl groups excluding tert-OH is 1. The SMILES string of the molecule is CCc1noc(C)c1C(=O)NC1(CO)CCCCC1. The first-order valence-electron chi connectivity index (χ1n) is 7.00. The van der Waals surface area contributed by atoms with Gasteiger partial charge in [-0.1, -0.05) is 31.3 Å². The number of nitrogens with zero attached hydrogens (tertiary/aromatic N) is 1. The Kier molecular flexibility index (Phi) is 4.24. The van der Waals surface area contributed by atoms with Crippen molar-refractivity contribution in [2.45, 2.75) is 57.9 Å². The molecule has 0 radical (unpaired) electrons. The Morgan fingerprint density at radius 3 is 2.68 bits per heavy atom. The molecule has 0 bridgehead atoms. The number of carbonyl (C=O) groups is 1. The Hall–Kier alpha value is -1.36. The second-order valence-electron chi connectivity index (χ2n) is 5.37. The highest BCUT2D eigenvalue weighted by Crippen LogP contribution is 2.28. The molecular weight excluding hydrogens is 244 g/mol. The lowest BCUT2D eigenvalue weighted by Crippen LogP contribution is -2.52. The van der Waals surface area contributed by atoms with E-state index in [0.29, 0.717) is 23.4 Å². The van der Waals surface area contributed by atoms with E-state index in [2.05, 4.69) is 10.5 Å². The number of amides is 1. The average molecular weight is 266 g/mol. The van der Waals surface area contributed by atoms with Crippen LogP contribution in [0.4, 0.5) is 0 Å². The van der Waals surface area contributed by atoms with Crippen LogP contribution in [-0.2, 0) is 6.42 Å². The van der Waals surface area contributed by atoms with Crippen LogP contribution in [0.2, 0.25) is 0 Å². The van der Waals surface area contributed by atoms with E-state index in [1.165, 1.54) is 6.42 Å². The normalized spacial score (nSPS) is 18.3. The molecule has 0 unspecified atom stereocenters. The van der Waals surface area contributed by atoms with Gasteiger partial charge in [-0.05, 0) is 26.2 Å². The molecule has 2 N–H and O–H groups in total. The van der Waals surface area contributed by atoms with Gasteiger partial charge in [0.05, 0.1) is 17.8 Å². The molecule has 19 heavy (non-hydrogen) atoms. The van der Waals surface area contributed by atoms with Crippen molar-refractivity contribution < 1.29 is 14.4 Å². The van der Waals surface area contributed by atoms with Crippen LogP contribution in [0.5, 0.6) is 0 Å². The maximum Gasteiger partial charge on any atom is 0.257 e. The Labute approximate surface area is 113 Å². The predicted octanol–water partition coefficient (Wildman–Crippen LogP) is 1.97. The van der Waals surface area contributed by atoms with E-state index < -0.39 is 5.54 Å². The van der Waals surface area contributed by atoms with Crippen LogP contribution in [0.25, 0.3) is 0 Å². The van der Waals surface area contributed by atoms with Gasteiger partial charge in [0, 0.05) is 0 Å². The molecule has 0 atom stereocenters. The summed E-state index contributed by atoms with van der Waals surface area (Å²) < 4.78 is 5.09. The van der Waals surface area contributed by atoms with Crippen LogP contribution in [-0.4, -0.2) is 28.3 Å². The second kappa shape index (κ2) is 5.74. The van der Waals surface area contributed by atoms with E-state index in [0.717, 1.165) is 25.7 Å². The molecule has 1 fully saturated rings. The van der Waals surface area contributed by atoms with E-state index in [9.17, 15) is 9.90 Å². The lowest BCUT2D eigenvalue weighted by atomic mass is 9.82. The first kappa shape index (κ1) is 14.1. The molecule has 106 valence electrons. The standard InChI is InChI=1S/C14H22N2O3/c1-3-11-12(10(2)19-16-11)13(18)15-14(9-17)7-5-4-6-8-14/h17H,3-9H2,1-2H3,(H,15,18). The number of hydrogen-bond donors (Lipinski definition) is 2. The molecule has 1 aliphatic carbocycles. The van der Waals surface area contributed by atoms with Gasteiger partial charge in [0.1, 0.15) is 11.3 Å². The number of aryl methyl sites for hydroxylation is 2. The summed E-state index contributed by atoms with van der Waals surface area (Å²) in [6, 6.07) is 0. The van der Waals surface area contributed by atoms with E-state index in [1.54, 1.807) is 6.92 Å². The van der Waals surface area contributed by atoms with E-state index in [1.807, 2.05) is 6.92 Å². The third-order valence-electron chi connectivity index (χ3n) is 3.99. The Balaban J connectivity index is 2.17. The van der Waals surface area contributed by atoms with E-state index in [-0.39, 0.29) is 12.5 Å². The number of nitrogens with one attached hydrogen (secondary N) is 1. The minimum Gasteiger partial charge on any atom is -0.394 e. The molecule has 5 nitrogen and oxygen atoms in total. The summed E-state index contributed by atoms with van der Waals surface area (Å²) >= 11 is 0. The zero-order chi connectivity index (χ0) is 13.9. The highest BCUT2D eigenvalue weighted by molar-refractivity contribution is 5.96. The van der Waals surface area contributed by atoms with Gasteiger partial charge < -0.3 is 14.9 Å². The smallest absolute Gasteiger partial charge is 0.257 e. The fourth-order valence-corrected chi connectivity index (χ4v) is 2.80. The maximum atomic E-state index is 12.4. The largest absolute Gasteiger partial charge is 0.394 e. The Bertz CT molecular complexity index is 448. The van der Waals surface area contributed by atoms with Crippen molar-refractivity contribution >= 4 is 5.91 Å². The number of hydrogen-bond acceptors (Lipinski definition) is 4. The number of carbonyl (C=O) groups excluding carboxylic acids is 1. The molecule has 5 heteroatoms. The minimum absolute atomic E-state index is 0.00940. The number of rotatable bonds is 4. The zero-order valence-corrected chi connectivity index (χ0v) is 11.7. The molecule has 1 aromatic heterocycles. The summed E-state index contributed by atoms with van der Waals surface area (Å²) in [4.78, 5) is 12.4. The lowest BCUT2D eigenvalue weighted by molar-refractivity contribution is 0.0756. The van der Waals surface area contributed by atoms with Crippen molar-refractivity contribution in [3.05, 3.63) is 17.0 Å². The van der Waals surface area contributed by atoms with Gasteiger partial charge in [-0.25, -0.2) is 0 Å². The van der Waals surface area contributed by atoms with Crippen LogP contribution in [0, 0.1) is 6.92 Å². The van der Waals surface area contributed by atoms with Crippen LogP contribution >= 0.6 is 0 Å². The number of aromatic nitrogens is 1. The summed E-state index contributed by atoms with van der Waals surface area (Å²) in [5.74, 6) is 0.366. The third-order valence-corrected chi connectivity index (χ3v) is 3.99. The van der Waals surface area contributed by atoms with E-state index >= 15 is 0 Å². The number of aliphatic hydroxyl groups is 1. The van der Waals surface area contributed by atoms with Crippen molar-refractivity contribution in [3.8, 4) is 0 Å². The van der Waals surface area contributed by atoms with Gasteiger partial charge in [-0.15, -0.1) is 0 Å². The van der Waals surface area contributed by atoms with Gasteiger partial charge in [-0.3, -0.25) is 4.79 Å². The van der Waals surface area contributed by atoms with Crippen molar-refractivity contribution in [2.24, 2.45) is 0 Å². The quantitative estimate of drug-likeness (QED) is 0.873. The highest BCUT2D eigenvalue weighted by atomic mass is 16.5.